The molecule has 4 rings (SSSR count). The van der Waals surface area contributed by atoms with Gasteiger partial charge in [-0.3, -0.25) is 4.40 Å². The Labute approximate surface area is 158 Å². The third-order valence-electron chi connectivity index (χ3n) is 3.53. The highest BCUT2D eigenvalue weighted by Gasteiger charge is 2.09. The van der Waals surface area contributed by atoms with E-state index in [2.05, 4.69) is 25.3 Å². The highest BCUT2D eigenvalue weighted by Crippen LogP contribution is 2.23. The van der Waals surface area contributed by atoms with E-state index in [4.69, 9.17) is 17.3 Å². The summed E-state index contributed by atoms with van der Waals surface area (Å²) in [4.78, 5) is 17.2. The molecule has 130 valence electrons. The maximum absolute atomic E-state index is 5.90. The molecule has 0 aliphatic heterocycles. The van der Waals surface area contributed by atoms with Crippen LogP contribution in [0.15, 0.2) is 60.0 Å². The summed E-state index contributed by atoms with van der Waals surface area (Å²) in [5, 5.41) is 4.63. The predicted octanol–water partition coefficient (Wildman–Crippen LogP) is 3.79. The van der Waals surface area contributed by atoms with Gasteiger partial charge < -0.3 is 11.1 Å². The number of thioether (sulfide) groups is 1. The Morgan fingerprint density at radius 3 is 2.77 bits per heavy atom. The number of fused-ring (bicyclic) bond motifs is 1. The lowest BCUT2D eigenvalue weighted by Crippen LogP contribution is -2.06. The number of benzene rings is 1. The number of nitrogen functional groups attached to an aromatic ring is 1. The molecule has 3 heterocycles. The third-order valence-corrected chi connectivity index (χ3v) is 4.75. The smallest absolute Gasteiger partial charge is 0.232 e. The van der Waals surface area contributed by atoms with Crippen LogP contribution in [-0.4, -0.2) is 24.3 Å². The van der Waals surface area contributed by atoms with Crippen molar-refractivity contribution < 1.29 is 0 Å². The second kappa shape index (κ2) is 7.19. The van der Waals surface area contributed by atoms with Crippen molar-refractivity contribution in [2.75, 3.05) is 11.1 Å². The molecule has 0 amide bonds. The molecule has 0 saturated carbocycles. The zero-order valence-electron chi connectivity index (χ0n) is 13.5. The standard InChI is InChI=1S/C17H14ClN7S/c18-11-4-6-12(7-5-11)21-16-23-14(22-15(19)24-16)10-26-17-20-9-13-3-1-2-8-25(13)17/h1-9H,10H2,(H3,19,21,22,23,24). The van der Waals surface area contributed by atoms with Gasteiger partial charge in [0.1, 0.15) is 5.82 Å². The molecule has 0 fully saturated rings. The number of nitrogens with two attached hydrogens (primary N) is 1. The van der Waals surface area contributed by atoms with Gasteiger partial charge in [0.15, 0.2) is 5.16 Å². The van der Waals surface area contributed by atoms with E-state index in [1.54, 1.807) is 12.1 Å². The van der Waals surface area contributed by atoms with Crippen LogP contribution in [0, 0.1) is 0 Å². The first-order valence-electron chi connectivity index (χ1n) is 7.75. The van der Waals surface area contributed by atoms with Crippen LogP contribution < -0.4 is 11.1 Å². The van der Waals surface area contributed by atoms with Crippen LogP contribution in [0.4, 0.5) is 17.6 Å². The molecule has 9 heteroatoms. The lowest BCUT2D eigenvalue weighted by Gasteiger charge is -2.07. The van der Waals surface area contributed by atoms with Gasteiger partial charge in [-0.2, -0.15) is 15.0 Å². The van der Waals surface area contributed by atoms with E-state index < -0.39 is 0 Å². The molecule has 0 saturated heterocycles. The number of nitrogens with one attached hydrogen (secondary N) is 1. The Bertz CT molecular complexity index is 1050. The summed E-state index contributed by atoms with van der Waals surface area (Å²) >= 11 is 7.43. The Morgan fingerprint density at radius 1 is 1.08 bits per heavy atom. The van der Waals surface area contributed by atoms with Crippen LogP contribution in [0.25, 0.3) is 5.52 Å². The van der Waals surface area contributed by atoms with Crippen molar-refractivity contribution in [2.45, 2.75) is 10.9 Å². The first kappa shape index (κ1) is 16.6. The topological polar surface area (TPSA) is 94.0 Å². The van der Waals surface area contributed by atoms with Crippen molar-refractivity contribution in [2.24, 2.45) is 0 Å². The zero-order chi connectivity index (χ0) is 17.9. The van der Waals surface area contributed by atoms with Gasteiger partial charge in [0, 0.05) is 16.9 Å². The van der Waals surface area contributed by atoms with Crippen LogP contribution in [0.2, 0.25) is 5.02 Å². The Morgan fingerprint density at radius 2 is 1.92 bits per heavy atom. The van der Waals surface area contributed by atoms with Crippen molar-refractivity contribution in [1.82, 2.24) is 24.3 Å². The molecular formula is C17H14ClN7S. The van der Waals surface area contributed by atoms with E-state index >= 15 is 0 Å². The monoisotopic (exact) mass is 383 g/mol. The Hall–Kier alpha value is -2.84. The zero-order valence-corrected chi connectivity index (χ0v) is 15.1. The van der Waals surface area contributed by atoms with Gasteiger partial charge in [-0.25, -0.2) is 4.98 Å². The molecule has 1 aromatic carbocycles. The van der Waals surface area contributed by atoms with Gasteiger partial charge in [0.25, 0.3) is 0 Å². The summed E-state index contributed by atoms with van der Waals surface area (Å²) < 4.78 is 2.02. The SMILES string of the molecule is Nc1nc(CSc2ncc3ccccn23)nc(Nc2ccc(Cl)cc2)n1. The molecule has 0 bridgehead atoms. The van der Waals surface area contributed by atoms with Gasteiger partial charge in [-0.15, -0.1) is 0 Å². The van der Waals surface area contributed by atoms with Gasteiger partial charge in [-0.05, 0) is 36.4 Å². The normalized spacial score (nSPS) is 11.0. The first-order chi connectivity index (χ1) is 12.7. The van der Waals surface area contributed by atoms with Gasteiger partial charge in [0.05, 0.1) is 17.5 Å². The number of nitrogens with zero attached hydrogens (tertiary/aromatic N) is 5. The van der Waals surface area contributed by atoms with Crippen LogP contribution >= 0.6 is 23.4 Å². The maximum atomic E-state index is 5.90. The molecule has 7 nitrogen and oxygen atoms in total. The second-order valence-corrected chi connectivity index (χ2v) is 6.77. The predicted molar refractivity (Wildman–Crippen MR) is 104 cm³/mol. The average molecular weight is 384 g/mol. The van der Waals surface area contributed by atoms with E-state index in [-0.39, 0.29) is 5.95 Å². The summed E-state index contributed by atoms with van der Waals surface area (Å²) in [6, 6.07) is 13.2. The van der Waals surface area contributed by atoms with Gasteiger partial charge in [0.2, 0.25) is 11.9 Å². The minimum Gasteiger partial charge on any atom is -0.368 e. The highest BCUT2D eigenvalue weighted by atomic mass is 35.5. The van der Waals surface area contributed by atoms with Crippen molar-refractivity contribution in [3.05, 3.63) is 65.7 Å². The quantitative estimate of drug-likeness (QED) is 0.506. The van der Waals surface area contributed by atoms with Crippen LogP contribution in [0.1, 0.15) is 5.82 Å². The van der Waals surface area contributed by atoms with Crippen LogP contribution in [-0.2, 0) is 5.75 Å². The number of halogens is 1. The van der Waals surface area contributed by atoms with Crippen LogP contribution in [0.5, 0.6) is 0 Å². The largest absolute Gasteiger partial charge is 0.368 e. The molecule has 0 aliphatic carbocycles. The molecule has 0 radical (unpaired) electrons. The molecule has 3 aromatic heterocycles. The summed E-state index contributed by atoms with van der Waals surface area (Å²) in [5.41, 5.74) is 7.68. The molecule has 4 aromatic rings. The number of pyridine rings is 1. The highest BCUT2D eigenvalue weighted by molar-refractivity contribution is 7.98. The molecule has 3 N–H and O–H groups in total. The van der Waals surface area contributed by atoms with Crippen molar-refractivity contribution in [3.8, 4) is 0 Å². The third kappa shape index (κ3) is 3.71. The van der Waals surface area contributed by atoms with E-state index in [0.717, 1.165) is 16.4 Å². The first-order valence-corrected chi connectivity index (χ1v) is 9.12. The molecular weight excluding hydrogens is 370 g/mol. The number of hydrogen-bond acceptors (Lipinski definition) is 7. The summed E-state index contributed by atoms with van der Waals surface area (Å²) in [6.07, 6.45) is 3.80. The van der Waals surface area contributed by atoms with E-state index in [1.807, 2.05) is 47.1 Å². The van der Waals surface area contributed by atoms with E-state index in [9.17, 15) is 0 Å². The van der Waals surface area contributed by atoms with Crippen molar-refractivity contribution >= 4 is 46.5 Å². The Balaban J connectivity index is 1.51. The minimum atomic E-state index is 0.167. The van der Waals surface area contributed by atoms with E-state index in [1.165, 1.54) is 11.8 Å². The summed E-state index contributed by atoms with van der Waals surface area (Å²) in [6.45, 7) is 0. The minimum absolute atomic E-state index is 0.167. The average Bonchev–Trinajstić information content (AvgIpc) is 3.05. The molecule has 0 spiro atoms. The second-order valence-electron chi connectivity index (χ2n) is 5.39. The summed E-state index contributed by atoms with van der Waals surface area (Å²) in [5.74, 6) is 1.66. The molecule has 0 unspecified atom stereocenters. The van der Waals surface area contributed by atoms with Crippen molar-refractivity contribution in [1.29, 1.82) is 0 Å². The summed E-state index contributed by atoms with van der Waals surface area (Å²) in [7, 11) is 0. The van der Waals surface area contributed by atoms with E-state index in [0.29, 0.717) is 22.5 Å². The lowest BCUT2D eigenvalue weighted by molar-refractivity contribution is 0.944. The molecule has 26 heavy (non-hydrogen) atoms. The van der Waals surface area contributed by atoms with Crippen molar-refractivity contribution in [3.63, 3.8) is 0 Å². The fourth-order valence-electron chi connectivity index (χ4n) is 2.38. The number of imidazole rings is 1. The Kier molecular flexibility index (Phi) is 4.59. The van der Waals surface area contributed by atoms with Gasteiger partial charge >= 0.3 is 0 Å². The lowest BCUT2D eigenvalue weighted by atomic mass is 10.3. The fraction of sp³-hybridized carbons (Fsp3) is 0.0588. The fourth-order valence-corrected chi connectivity index (χ4v) is 3.32. The maximum Gasteiger partial charge on any atom is 0.232 e. The van der Waals surface area contributed by atoms with Crippen LogP contribution in [0.3, 0.4) is 0 Å². The number of hydrogen-bond donors (Lipinski definition) is 2. The molecule has 0 atom stereocenters. The number of anilines is 3. The molecule has 0 aliphatic rings. The number of aromatic nitrogens is 5. The number of rotatable bonds is 5. The van der Waals surface area contributed by atoms with Gasteiger partial charge in [-0.1, -0.05) is 29.4 Å².